The molecule has 2 aromatic rings. The van der Waals surface area contributed by atoms with Gasteiger partial charge < -0.3 is 15.2 Å². The average Bonchev–Trinajstić information content (AvgIpc) is 2.81. The Balaban J connectivity index is 2.19. The fourth-order valence-corrected chi connectivity index (χ4v) is 1.72. The van der Waals surface area contributed by atoms with Gasteiger partial charge in [-0.05, 0) is 13.8 Å². The topological polar surface area (TPSA) is 102 Å². The zero-order valence-corrected chi connectivity index (χ0v) is 12.0. The van der Waals surface area contributed by atoms with Gasteiger partial charge in [-0.1, -0.05) is 0 Å². The maximum absolute atomic E-state index is 11.4. The first kappa shape index (κ1) is 14.8. The molecule has 2 heterocycles. The zero-order valence-electron chi connectivity index (χ0n) is 12.0. The molecule has 8 heteroatoms. The molecule has 0 saturated heterocycles. The predicted octanol–water partition coefficient (Wildman–Crippen LogP) is 1.24. The van der Waals surface area contributed by atoms with Crippen LogP contribution in [-0.4, -0.2) is 36.9 Å². The van der Waals surface area contributed by atoms with Gasteiger partial charge >= 0.3 is 5.97 Å². The Morgan fingerprint density at radius 1 is 1.48 bits per heavy atom. The molecule has 1 atom stereocenters. The molecular formula is C13H17N5O3. The maximum Gasteiger partial charge on any atom is 0.331 e. The third kappa shape index (κ3) is 3.91. The van der Waals surface area contributed by atoms with E-state index < -0.39 is 12.0 Å². The predicted molar refractivity (Wildman–Crippen MR) is 75.0 cm³/mol. The number of ether oxygens (including phenoxy) is 1. The summed E-state index contributed by atoms with van der Waals surface area (Å²) in [6.45, 7) is 3.76. The van der Waals surface area contributed by atoms with E-state index >= 15 is 0 Å². The molecule has 1 unspecified atom stereocenters. The summed E-state index contributed by atoms with van der Waals surface area (Å²) in [7, 11) is 1.72. The second kappa shape index (κ2) is 6.21. The summed E-state index contributed by atoms with van der Waals surface area (Å²) in [6.07, 6.45) is 4.59. The third-order valence-electron chi connectivity index (χ3n) is 2.57. The van der Waals surface area contributed by atoms with Gasteiger partial charge in [0.2, 0.25) is 11.8 Å². The summed E-state index contributed by atoms with van der Waals surface area (Å²) >= 11 is 0. The summed E-state index contributed by atoms with van der Waals surface area (Å²) < 4.78 is 6.99. The minimum atomic E-state index is -1.04. The monoisotopic (exact) mass is 291 g/mol. The molecule has 21 heavy (non-hydrogen) atoms. The lowest BCUT2D eigenvalue weighted by Crippen LogP contribution is -2.21. The maximum atomic E-state index is 11.4. The molecule has 112 valence electrons. The van der Waals surface area contributed by atoms with E-state index in [1.807, 2.05) is 13.8 Å². The van der Waals surface area contributed by atoms with Crippen molar-refractivity contribution < 1.29 is 14.6 Å². The Morgan fingerprint density at radius 3 is 2.81 bits per heavy atom. The molecule has 0 aliphatic carbocycles. The van der Waals surface area contributed by atoms with Crippen LogP contribution in [0.5, 0.6) is 5.88 Å². The summed E-state index contributed by atoms with van der Waals surface area (Å²) in [4.78, 5) is 19.5. The van der Waals surface area contributed by atoms with Crippen LogP contribution in [0.4, 0.5) is 5.95 Å². The van der Waals surface area contributed by atoms with Crippen LogP contribution < -0.4 is 10.1 Å². The molecule has 0 spiro atoms. The number of aromatic nitrogens is 4. The van der Waals surface area contributed by atoms with E-state index in [1.54, 1.807) is 19.3 Å². The molecule has 0 amide bonds. The largest absolute Gasteiger partial charge is 0.479 e. The second-order valence-electron chi connectivity index (χ2n) is 4.75. The van der Waals surface area contributed by atoms with Gasteiger partial charge in [-0.15, -0.1) is 0 Å². The van der Waals surface area contributed by atoms with E-state index in [0.29, 0.717) is 11.4 Å². The fraction of sp³-hybridized carbons (Fsp3) is 0.385. The quantitative estimate of drug-likeness (QED) is 0.825. The average molecular weight is 291 g/mol. The number of carbonyl (C=O) groups is 1. The van der Waals surface area contributed by atoms with E-state index in [2.05, 4.69) is 20.4 Å². The normalized spacial score (nSPS) is 12.2. The molecule has 2 aromatic heterocycles. The molecule has 0 radical (unpaired) electrons. The van der Waals surface area contributed by atoms with Crippen molar-refractivity contribution in [3.05, 3.63) is 30.2 Å². The van der Waals surface area contributed by atoms with Crippen molar-refractivity contribution in [2.75, 3.05) is 5.32 Å². The first-order chi connectivity index (χ1) is 9.95. The number of aliphatic carboxylic acids is 1. The van der Waals surface area contributed by atoms with E-state index in [4.69, 9.17) is 4.74 Å². The molecule has 0 saturated carbocycles. The van der Waals surface area contributed by atoms with Gasteiger partial charge in [0.25, 0.3) is 0 Å². The molecule has 0 aliphatic rings. The van der Waals surface area contributed by atoms with Crippen molar-refractivity contribution in [1.82, 2.24) is 19.7 Å². The van der Waals surface area contributed by atoms with Crippen molar-refractivity contribution in [2.24, 2.45) is 7.05 Å². The first-order valence-corrected chi connectivity index (χ1v) is 6.43. The number of hydrogen-bond donors (Lipinski definition) is 2. The van der Waals surface area contributed by atoms with E-state index in [9.17, 15) is 9.90 Å². The van der Waals surface area contributed by atoms with Crippen molar-refractivity contribution in [1.29, 1.82) is 0 Å². The van der Waals surface area contributed by atoms with E-state index in [-0.39, 0.29) is 12.1 Å². The van der Waals surface area contributed by atoms with Crippen LogP contribution in [0.3, 0.4) is 0 Å². The minimum absolute atomic E-state index is 0.0265. The molecule has 8 nitrogen and oxygen atoms in total. The highest BCUT2D eigenvalue weighted by Gasteiger charge is 2.22. The Kier molecular flexibility index (Phi) is 4.36. The van der Waals surface area contributed by atoms with Gasteiger partial charge in [0.15, 0.2) is 6.04 Å². The van der Waals surface area contributed by atoms with Gasteiger partial charge in [-0.3, -0.25) is 4.68 Å². The summed E-state index contributed by atoms with van der Waals surface area (Å²) in [6, 6.07) is 0.637. The fourth-order valence-electron chi connectivity index (χ4n) is 1.72. The van der Waals surface area contributed by atoms with Crippen molar-refractivity contribution in [3.63, 3.8) is 0 Å². The number of carboxylic acid groups (broad SMARTS) is 1. The second-order valence-corrected chi connectivity index (χ2v) is 4.75. The highest BCUT2D eigenvalue weighted by molar-refractivity contribution is 5.78. The van der Waals surface area contributed by atoms with E-state index in [0.717, 1.165) is 0 Å². The van der Waals surface area contributed by atoms with Crippen LogP contribution in [0.15, 0.2) is 24.7 Å². The van der Waals surface area contributed by atoms with Gasteiger partial charge in [-0.2, -0.15) is 10.1 Å². The third-order valence-corrected chi connectivity index (χ3v) is 2.57. The molecule has 0 aliphatic heterocycles. The van der Waals surface area contributed by atoms with Crippen molar-refractivity contribution in [2.45, 2.75) is 26.0 Å². The molecular weight excluding hydrogens is 274 g/mol. The summed E-state index contributed by atoms with van der Waals surface area (Å²) in [5.41, 5.74) is 0.517. The Bertz CT molecular complexity index is 626. The van der Waals surface area contributed by atoms with Crippen LogP contribution in [0.2, 0.25) is 0 Å². The number of nitrogens with zero attached hydrogens (tertiary/aromatic N) is 4. The lowest BCUT2D eigenvalue weighted by atomic mass is 10.1. The standard InChI is InChI=1S/C13H17N5O3/c1-8(2)21-10-4-5-14-13(16-10)17-11(12(19)20)9-6-15-18(3)7-9/h4-8,11H,1-3H3,(H,19,20)(H,14,16,17). The smallest absolute Gasteiger partial charge is 0.331 e. The first-order valence-electron chi connectivity index (χ1n) is 6.43. The summed E-state index contributed by atoms with van der Waals surface area (Å²) in [5, 5.41) is 16.1. The molecule has 2 rings (SSSR count). The lowest BCUT2D eigenvalue weighted by molar-refractivity contribution is -0.138. The highest BCUT2D eigenvalue weighted by atomic mass is 16.5. The molecule has 2 N–H and O–H groups in total. The SMILES string of the molecule is CC(C)Oc1ccnc(NC(C(=O)O)c2cnn(C)c2)n1. The lowest BCUT2D eigenvalue weighted by Gasteiger charge is -2.14. The van der Waals surface area contributed by atoms with Crippen LogP contribution in [0.1, 0.15) is 25.5 Å². The summed E-state index contributed by atoms with van der Waals surface area (Å²) in [5.74, 6) is -0.469. The van der Waals surface area contributed by atoms with Gasteiger partial charge in [-0.25, -0.2) is 9.78 Å². The van der Waals surface area contributed by atoms with Crippen LogP contribution in [-0.2, 0) is 11.8 Å². The molecule has 0 fully saturated rings. The number of hydrogen-bond acceptors (Lipinski definition) is 6. The number of carboxylic acids is 1. The highest BCUT2D eigenvalue weighted by Crippen LogP contribution is 2.18. The molecule has 0 aromatic carbocycles. The zero-order chi connectivity index (χ0) is 15.4. The van der Waals surface area contributed by atoms with Crippen LogP contribution in [0, 0.1) is 0 Å². The van der Waals surface area contributed by atoms with E-state index in [1.165, 1.54) is 17.1 Å². The van der Waals surface area contributed by atoms with Crippen molar-refractivity contribution in [3.8, 4) is 5.88 Å². The van der Waals surface area contributed by atoms with Gasteiger partial charge in [0.05, 0.1) is 12.3 Å². The van der Waals surface area contributed by atoms with Gasteiger partial charge in [0.1, 0.15) is 0 Å². The van der Waals surface area contributed by atoms with Gasteiger partial charge in [0, 0.05) is 31.1 Å². The van der Waals surface area contributed by atoms with Crippen LogP contribution >= 0.6 is 0 Å². The Labute approximate surface area is 121 Å². The van der Waals surface area contributed by atoms with Crippen molar-refractivity contribution >= 4 is 11.9 Å². The number of nitrogens with one attached hydrogen (secondary N) is 1. The number of anilines is 1. The number of rotatable bonds is 6. The van der Waals surface area contributed by atoms with Crippen LogP contribution in [0.25, 0.3) is 0 Å². The Hall–Kier alpha value is -2.64. The number of aryl methyl sites for hydroxylation is 1. The minimum Gasteiger partial charge on any atom is -0.479 e. The Morgan fingerprint density at radius 2 is 2.24 bits per heavy atom. The molecule has 0 bridgehead atoms.